The van der Waals surface area contributed by atoms with Gasteiger partial charge in [-0.05, 0) is 111 Å². The maximum Gasteiger partial charge on any atom is 0.302 e. The minimum atomic E-state index is -0.114. The molecule has 0 radical (unpaired) electrons. The number of fused-ring (bicyclic) bond motifs is 5. The summed E-state index contributed by atoms with van der Waals surface area (Å²) in [5, 5.41) is 0. The van der Waals surface area contributed by atoms with Crippen molar-refractivity contribution in [2.24, 2.45) is 46.3 Å². The molecule has 0 bridgehead atoms. The quantitative estimate of drug-likeness (QED) is 0.308. The Kier molecular flexibility index (Phi) is 6.92. The Morgan fingerprint density at radius 1 is 0.943 bits per heavy atom. The fourth-order valence-corrected chi connectivity index (χ4v) is 9.86. The number of esters is 1. The molecule has 0 unspecified atom stereocenters. The van der Waals surface area contributed by atoms with Crippen molar-refractivity contribution in [3.05, 3.63) is 35.9 Å². The van der Waals surface area contributed by atoms with Crippen LogP contribution in [0.1, 0.15) is 109 Å². The van der Waals surface area contributed by atoms with E-state index >= 15 is 0 Å². The zero-order valence-corrected chi connectivity index (χ0v) is 22.4. The van der Waals surface area contributed by atoms with E-state index in [1.165, 1.54) is 44.9 Å². The molecule has 3 heteroatoms. The van der Waals surface area contributed by atoms with Gasteiger partial charge in [0.05, 0.1) is 0 Å². The predicted octanol–water partition coefficient (Wildman–Crippen LogP) is 7.88. The average molecular weight is 479 g/mol. The Hall–Kier alpha value is -1.64. The number of hydrogen-bond acceptors (Lipinski definition) is 3. The highest BCUT2D eigenvalue weighted by atomic mass is 16.5. The van der Waals surface area contributed by atoms with E-state index < -0.39 is 0 Å². The molecule has 4 saturated carbocycles. The molecule has 1 aromatic carbocycles. The topological polar surface area (TPSA) is 43.4 Å². The number of hydrogen-bond donors (Lipinski definition) is 0. The van der Waals surface area contributed by atoms with E-state index in [0.717, 1.165) is 48.5 Å². The van der Waals surface area contributed by atoms with Crippen molar-refractivity contribution in [2.75, 3.05) is 0 Å². The molecule has 4 aliphatic carbocycles. The molecule has 192 valence electrons. The molecular formula is C32H46O3. The van der Waals surface area contributed by atoms with Crippen molar-refractivity contribution in [1.29, 1.82) is 0 Å². The third kappa shape index (κ3) is 4.51. The van der Waals surface area contributed by atoms with E-state index in [0.29, 0.717) is 34.9 Å². The van der Waals surface area contributed by atoms with Gasteiger partial charge in [-0.1, -0.05) is 51.1 Å². The summed E-state index contributed by atoms with van der Waals surface area (Å²) < 4.78 is 5.65. The molecule has 0 amide bonds. The van der Waals surface area contributed by atoms with Gasteiger partial charge in [-0.3, -0.25) is 9.59 Å². The van der Waals surface area contributed by atoms with Crippen LogP contribution in [0, 0.1) is 46.3 Å². The summed E-state index contributed by atoms with van der Waals surface area (Å²) in [5.74, 6) is 4.82. The molecule has 0 spiro atoms. The van der Waals surface area contributed by atoms with Gasteiger partial charge in [0.2, 0.25) is 0 Å². The highest BCUT2D eigenvalue weighted by molar-refractivity contribution is 5.95. The molecule has 9 atom stereocenters. The number of carbonyl (C=O) groups excluding carboxylic acids is 2. The molecule has 3 nitrogen and oxygen atoms in total. The summed E-state index contributed by atoms with van der Waals surface area (Å²) in [6.45, 7) is 9.19. The molecule has 0 heterocycles. The Morgan fingerprint density at radius 2 is 1.66 bits per heavy atom. The van der Waals surface area contributed by atoms with Crippen molar-refractivity contribution >= 4 is 11.8 Å². The Bertz CT molecular complexity index is 924. The lowest BCUT2D eigenvalue weighted by Gasteiger charge is -2.61. The summed E-state index contributed by atoms with van der Waals surface area (Å²) in [5.41, 5.74) is 1.73. The highest BCUT2D eigenvalue weighted by Gasteiger charge is 2.60. The molecule has 0 saturated heterocycles. The highest BCUT2D eigenvalue weighted by Crippen LogP contribution is 2.68. The number of ether oxygens (including phenoxy) is 1. The number of ketones is 1. The molecular weight excluding hydrogens is 432 g/mol. The Balaban J connectivity index is 1.24. The maximum atomic E-state index is 12.7. The van der Waals surface area contributed by atoms with Gasteiger partial charge < -0.3 is 4.74 Å². The van der Waals surface area contributed by atoms with E-state index in [-0.39, 0.29) is 12.1 Å². The van der Waals surface area contributed by atoms with Crippen LogP contribution in [0.25, 0.3) is 0 Å². The average Bonchev–Trinajstić information content (AvgIpc) is 3.20. The first-order valence-electron chi connectivity index (χ1n) is 14.5. The van der Waals surface area contributed by atoms with E-state index in [4.69, 9.17) is 4.74 Å². The molecule has 0 aromatic heterocycles. The molecule has 35 heavy (non-hydrogen) atoms. The summed E-state index contributed by atoms with van der Waals surface area (Å²) >= 11 is 0. The fraction of sp³-hybridized carbons (Fsp3) is 0.750. The second-order valence-corrected chi connectivity index (χ2v) is 13.2. The lowest BCUT2D eigenvalue weighted by Crippen LogP contribution is -2.54. The first-order valence-corrected chi connectivity index (χ1v) is 14.5. The summed E-state index contributed by atoms with van der Waals surface area (Å²) in [6.07, 6.45) is 13.3. The van der Waals surface area contributed by atoms with Crippen molar-refractivity contribution in [2.45, 2.75) is 104 Å². The molecule has 0 aliphatic heterocycles. The van der Waals surface area contributed by atoms with Crippen molar-refractivity contribution < 1.29 is 14.3 Å². The normalized spacial score (nSPS) is 41.3. The number of rotatable bonds is 6. The smallest absolute Gasteiger partial charge is 0.302 e. The minimum Gasteiger partial charge on any atom is -0.463 e. The van der Waals surface area contributed by atoms with E-state index in [9.17, 15) is 9.59 Å². The van der Waals surface area contributed by atoms with E-state index in [1.54, 1.807) is 6.92 Å². The van der Waals surface area contributed by atoms with E-state index in [1.807, 2.05) is 30.3 Å². The minimum absolute atomic E-state index is 0.114. The van der Waals surface area contributed by atoms with Crippen LogP contribution in [0.4, 0.5) is 0 Å². The molecule has 5 rings (SSSR count). The van der Waals surface area contributed by atoms with Crippen LogP contribution in [-0.4, -0.2) is 17.9 Å². The summed E-state index contributed by atoms with van der Waals surface area (Å²) in [6, 6.07) is 9.83. The lowest BCUT2D eigenvalue weighted by molar-refractivity contribution is -0.160. The van der Waals surface area contributed by atoms with E-state index in [2.05, 4.69) is 20.8 Å². The van der Waals surface area contributed by atoms with Crippen LogP contribution < -0.4 is 0 Å². The maximum absolute atomic E-state index is 12.7. The third-order valence-electron chi connectivity index (χ3n) is 11.6. The Morgan fingerprint density at radius 3 is 2.40 bits per heavy atom. The summed E-state index contributed by atoms with van der Waals surface area (Å²) in [4.78, 5) is 24.3. The van der Waals surface area contributed by atoms with Crippen molar-refractivity contribution in [3.63, 3.8) is 0 Å². The van der Waals surface area contributed by atoms with Crippen LogP contribution in [0.3, 0.4) is 0 Å². The molecule has 4 aliphatic rings. The number of benzene rings is 1. The van der Waals surface area contributed by atoms with Gasteiger partial charge in [-0.25, -0.2) is 0 Å². The fourth-order valence-electron chi connectivity index (χ4n) is 9.86. The van der Waals surface area contributed by atoms with Crippen LogP contribution in [0.2, 0.25) is 0 Å². The van der Waals surface area contributed by atoms with Gasteiger partial charge in [0.1, 0.15) is 6.10 Å². The van der Waals surface area contributed by atoms with Gasteiger partial charge in [0.25, 0.3) is 0 Å². The van der Waals surface area contributed by atoms with Gasteiger partial charge in [0, 0.05) is 18.9 Å². The monoisotopic (exact) mass is 478 g/mol. The second-order valence-electron chi connectivity index (χ2n) is 13.2. The largest absolute Gasteiger partial charge is 0.463 e. The van der Waals surface area contributed by atoms with Crippen LogP contribution in [-0.2, 0) is 9.53 Å². The predicted molar refractivity (Wildman–Crippen MR) is 140 cm³/mol. The van der Waals surface area contributed by atoms with Gasteiger partial charge >= 0.3 is 5.97 Å². The zero-order valence-electron chi connectivity index (χ0n) is 22.4. The first-order chi connectivity index (χ1) is 16.7. The SMILES string of the molecule is CC(=O)O[C@@H]1CC[C@@]2(C)[C@H](CC[C@@H]3[C@@H]2CC[C@]2(C)[C@@H]([C@H](C)CCC(=O)c4ccccc4)CC[C@@H]32)C1. The Labute approximate surface area is 212 Å². The van der Waals surface area contributed by atoms with Gasteiger partial charge in [-0.2, -0.15) is 0 Å². The van der Waals surface area contributed by atoms with Crippen LogP contribution in [0.15, 0.2) is 30.3 Å². The lowest BCUT2D eigenvalue weighted by atomic mass is 9.44. The molecule has 4 fully saturated rings. The zero-order chi connectivity index (χ0) is 24.8. The van der Waals surface area contributed by atoms with Crippen molar-refractivity contribution in [3.8, 4) is 0 Å². The molecule has 0 N–H and O–H groups in total. The second kappa shape index (κ2) is 9.67. The number of carbonyl (C=O) groups is 2. The first kappa shape index (κ1) is 25.0. The van der Waals surface area contributed by atoms with Gasteiger partial charge in [-0.15, -0.1) is 0 Å². The molecule has 1 aromatic rings. The van der Waals surface area contributed by atoms with Crippen LogP contribution >= 0.6 is 0 Å². The van der Waals surface area contributed by atoms with Crippen LogP contribution in [0.5, 0.6) is 0 Å². The third-order valence-corrected chi connectivity index (χ3v) is 11.6. The van der Waals surface area contributed by atoms with Crippen molar-refractivity contribution in [1.82, 2.24) is 0 Å². The van der Waals surface area contributed by atoms with Gasteiger partial charge in [0.15, 0.2) is 5.78 Å². The standard InChI is InChI=1S/C32H46O3/c1-21(10-15-30(34)23-8-6-5-7-9-23)27-13-14-28-26-12-11-24-20-25(35-22(2)33)16-18-31(24,3)29(26)17-19-32(27,28)4/h5-9,21,24-29H,10-20H2,1-4H3/t21-,24-,25-,26+,27-,28+,29+,31+,32-/m1/s1. The number of Topliss-reactive ketones (excluding diaryl/α,β-unsaturated/α-hetero) is 1. The summed E-state index contributed by atoms with van der Waals surface area (Å²) in [7, 11) is 0.